The number of amides is 2. The number of nitrogens with one attached hydrogen (secondary N) is 2. The number of hydrazone groups is 1. The molecule has 7 nitrogen and oxygen atoms in total. The smallest absolute Gasteiger partial charge is 0.329 e. The maximum absolute atomic E-state index is 11.8. The van der Waals surface area contributed by atoms with E-state index in [4.69, 9.17) is 9.47 Å². The molecule has 0 atom stereocenters. The van der Waals surface area contributed by atoms with Gasteiger partial charge in [-0.2, -0.15) is 5.10 Å². The van der Waals surface area contributed by atoms with Crippen molar-refractivity contribution >= 4 is 23.7 Å². The van der Waals surface area contributed by atoms with Crippen LogP contribution in [0, 0.1) is 0 Å². The van der Waals surface area contributed by atoms with Crippen LogP contribution in [0.15, 0.2) is 53.6 Å². The largest absolute Gasteiger partial charge is 0.497 e. The lowest BCUT2D eigenvalue weighted by atomic mass is 10.2. The molecule has 25 heavy (non-hydrogen) atoms. The molecule has 0 heterocycles. The van der Waals surface area contributed by atoms with Gasteiger partial charge in [-0.3, -0.25) is 9.59 Å². The van der Waals surface area contributed by atoms with E-state index in [2.05, 4.69) is 15.8 Å². The van der Waals surface area contributed by atoms with Crippen LogP contribution in [-0.4, -0.2) is 31.7 Å². The van der Waals surface area contributed by atoms with E-state index >= 15 is 0 Å². The lowest BCUT2D eigenvalue weighted by molar-refractivity contribution is -0.136. The summed E-state index contributed by atoms with van der Waals surface area (Å²) in [6, 6.07) is 13.8. The molecule has 0 unspecified atom stereocenters. The van der Waals surface area contributed by atoms with Crippen LogP contribution in [-0.2, 0) is 9.59 Å². The topological polar surface area (TPSA) is 89.0 Å². The molecule has 2 rings (SSSR count). The predicted octanol–water partition coefficient (Wildman–Crippen LogP) is 2.18. The Morgan fingerprint density at radius 3 is 2.52 bits per heavy atom. The van der Waals surface area contributed by atoms with Crippen LogP contribution in [0.25, 0.3) is 0 Å². The van der Waals surface area contributed by atoms with E-state index < -0.39 is 11.8 Å². The highest BCUT2D eigenvalue weighted by Gasteiger charge is 2.12. The van der Waals surface area contributed by atoms with E-state index in [0.29, 0.717) is 23.8 Å². The fraction of sp³-hybridized carbons (Fsp3) is 0.167. The van der Waals surface area contributed by atoms with Gasteiger partial charge in [-0.1, -0.05) is 12.1 Å². The van der Waals surface area contributed by atoms with Crippen molar-refractivity contribution in [2.45, 2.75) is 6.92 Å². The number of hydrogen-bond acceptors (Lipinski definition) is 5. The van der Waals surface area contributed by atoms with Gasteiger partial charge in [-0.15, -0.1) is 0 Å². The van der Waals surface area contributed by atoms with Gasteiger partial charge < -0.3 is 14.8 Å². The number of anilines is 1. The molecule has 2 aromatic rings. The molecule has 0 bridgehead atoms. The molecule has 7 heteroatoms. The Morgan fingerprint density at radius 2 is 1.84 bits per heavy atom. The summed E-state index contributed by atoms with van der Waals surface area (Å²) in [4.78, 5) is 23.6. The van der Waals surface area contributed by atoms with E-state index in [-0.39, 0.29) is 0 Å². The van der Waals surface area contributed by atoms with Crippen molar-refractivity contribution < 1.29 is 19.1 Å². The van der Waals surface area contributed by atoms with Crippen LogP contribution in [0.5, 0.6) is 11.5 Å². The maximum Gasteiger partial charge on any atom is 0.329 e. The Bertz CT molecular complexity index is 757. The lowest BCUT2D eigenvalue weighted by Gasteiger charge is -2.06. The Kier molecular flexibility index (Phi) is 6.53. The Hall–Kier alpha value is -3.35. The molecule has 0 spiro atoms. The maximum atomic E-state index is 11.8. The summed E-state index contributed by atoms with van der Waals surface area (Å²) >= 11 is 0. The number of methoxy groups -OCH3 is 1. The van der Waals surface area contributed by atoms with Gasteiger partial charge >= 0.3 is 11.8 Å². The molecule has 2 aromatic carbocycles. The second-order valence-electron chi connectivity index (χ2n) is 4.89. The van der Waals surface area contributed by atoms with Crippen molar-refractivity contribution in [2.24, 2.45) is 5.10 Å². The molecule has 2 N–H and O–H groups in total. The minimum Gasteiger partial charge on any atom is -0.497 e. The second kappa shape index (κ2) is 9.07. The molecular weight excluding hydrogens is 322 g/mol. The minimum absolute atomic E-state index is 0.486. The zero-order valence-electron chi connectivity index (χ0n) is 14.0. The van der Waals surface area contributed by atoms with Crippen LogP contribution in [0.1, 0.15) is 12.5 Å². The van der Waals surface area contributed by atoms with Gasteiger partial charge in [-0.05, 0) is 48.9 Å². The van der Waals surface area contributed by atoms with E-state index in [1.165, 1.54) is 6.21 Å². The van der Waals surface area contributed by atoms with Gasteiger partial charge in [0.1, 0.15) is 11.5 Å². The number of hydrogen-bond donors (Lipinski definition) is 2. The average Bonchev–Trinajstić information content (AvgIpc) is 2.63. The Balaban J connectivity index is 1.87. The van der Waals surface area contributed by atoms with Gasteiger partial charge in [0, 0.05) is 5.69 Å². The highest BCUT2D eigenvalue weighted by atomic mass is 16.5. The standard InChI is InChI=1S/C18H19N3O4/c1-3-25-15-9-7-14(8-10-15)20-17(22)18(23)21-19-12-13-5-4-6-16(11-13)24-2/h4-12H,3H2,1-2H3,(H,20,22)(H,21,23). The molecular formula is C18H19N3O4. The van der Waals surface area contributed by atoms with Crippen LogP contribution in [0.2, 0.25) is 0 Å². The normalized spacial score (nSPS) is 10.3. The first-order chi connectivity index (χ1) is 12.1. The number of benzene rings is 2. The molecule has 0 fully saturated rings. The van der Waals surface area contributed by atoms with Crippen molar-refractivity contribution in [3.8, 4) is 11.5 Å². The van der Waals surface area contributed by atoms with Gasteiger partial charge in [0.05, 0.1) is 19.9 Å². The molecule has 0 aliphatic carbocycles. The first kappa shape index (κ1) is 18.0. The van der Waals surface area contributed by atoms with Crippen molar-refractivity contribution in [3.05, 3.63) is 54.1 Å². The summed E-state index contributed by atoms with van der Waals surface area (Å²) < 4.78 is 10.4. The Labute approximate surface area is 145 Å². The first-order valence-corrected chi connectivity index (χ1v) is 7.63. The average molecular weight is 341 g/mol. The van der Waals surface area contributed by atoms with Gasteiger partial charge in [0.2, 0.25) is 0 Å². The molecule has 2 amide bonds. The molecule has 0 aliphatic heterocycles. The SMILES string of the molecule is CCOc1ccc(NC(=O)C(=O)NN=Cc2cccc(OC)c2)cc1. The highest BCUT2D eigenvalue weighted by molar-refractivity contribution is 6.39. The third-order valence-corrected chi connectivity index (χ3v) is 3.10. The van der Waals surface area contributed by atoms with E-state index in [9.17, 15) is 9.59 Å². The third-order valence-electron chi connectivity index (χ3n) is 3.10. The van der Waals surface area contributed by atoms with Crippen LogP contribution < -0.4 is 20.2 Å². The fourth-order valence-corrected chi connectivity index (χ4v) is 1.93. The number of ether oxygens (including phenoxy) is 2. The van der Waals surface area contributed by atoms with Crippen molar-refractivity contribution in [1.82, 2.24) is 5.43 Å². The molecule has 0 saturated carbocycles. The second-order valence-corrected chi connectivity index (χ2v) is 4.89. The number of nitrogens with zero attached hydrogens (tertiary/aromatic N) is 1. The zero-order valence-corrected chi connectivity index (χ0v) is 14.0. The Morgan fingerprint density at radius 1 is 1.08 bits per heavy atom. The number of carbonyl (C=O) groups is 2. The third kappa shape index (κ3) is 5.65. The molecule has 0 aromatic heterocycles. The van der Waals surface area contributed by atoms with Crippen LogP contribution in [0.3, 0.4) is 0 Å². The predicted molar refractivity (Wildman–Crippen MR) is 95.0 cm³/mol. The molecule has 0 saturated heterocycles. The molecule has 0 radical (unpaired) electrons. The summed E-state index contributed by atoms with van der Waals surface area (Å²) in [5.74, 6) is -0.323. The monoisotopic (exact) mass is 341 g/mol. The van der Waals surface area contributed by atoms with Gasteiger partial charge in [0.25, 0.3) is 0 Å². The summed E-state index contributed by atoms with van der Waals surface area (Å²) in [6.07, 6.45) is 1.42. The van der Waals surface area contributed by atoms with Gasteiger partial charge in [0.15, 0.2) is 0 Å². The van der Waals surface area contributed by atoms with E-state index in [1.807, 2.05) is 6.92 Å². The fourth-order valence-electron chi connectivity index (χ4n) is 1.93. The van der Waals surface area contributed by atoms with E-state index in [0.717, 1.165) is 5.56 Å². The van der Waals surface area contributed by atoms with Crippen molar-refractivity contribution in [3.63, 3.8) is 0 Å². The van der Waals surface area contributed by atoms with Crippen LogP contribution >= 0.6 is 0 Å². The summed E-state index contributed by atoms with van der Waals surface area (Å²) in [5, 5.41) is 6.23. The summed E-state index contributed by atoms with van der Waals surface area (Å²) in [5.41, 5.74) is 3.39. The highest BCUT2D eigenvalue weighted by Crippen LogP contribution is 2.15. The quantitative estimate of drug-likeness (QED) is 0.479. The van der Waals surface area contributed by atoms with Crippen LogP contribution in [0.4, 0.5) is 5.69 Å². The summed E-state index contributed by atoms with van der Waals surface area (Å²) in [6.45, 7) is 2.44. The molecule has 0 aliphatic rings. The number of rotatable bonds is 6. The van der Waals surface area contributed by atoms with Crippen molar-refractivity contribution in [2.75, 3.05) is 19.0 Å². The van der Waals surface area contributed by atoms with Gasteiger partial charge in [-0.25, -0.2) is 5.43 Å². The molecule has 130 valence electrons. The zero-order chi connectivity index (χ0) is 18.1. The lowest BCUT2D eigenvalue weighted by Crippen LogP contribution is -2.32. The van der Waals surface area contributed by atoms with Crippen molar-refractivity contribution in [1.29, 1.82) is 0 Å². The summed E-state index contributed by atoms with van der Waals surface area (Å²) in [7, 11) is 1.56. The van der Waals surface area contributed by atoms with E-state index in [1.54, 1.807) is 55.6 Å². The first-order valence-electron chi connectivity index (χ1n) is 7.63. The number of carbonyl (C=O) groups excluding carboxylic acids is 2. The minimum atomic E-state index is -0.868.